The summed E-state index contributed by atoms with van der Waals surface area (Å²) in [7, 11) is 2.10. The Morgan fingerprint density at radius 1 is 1.42 bits per heavy atom. The van der Waals surface area contributed by atoms with Crippen LogP contribution in [0.25, 0.3) is 0 Å². The number of hydrogen-bond donors (Lipinski definition) is 2. The summed E-state index contributed by atoms with van der Waals surface area (Å²) in [6.45, 7) is 1.84. The van der Waals surface area contributed by atoms with Crippen LogP contribution in [0.3, 0.4) is 0 Å². The fourth-order valence-electron chi connectivity index (χ4n) is 2.72. The normalized spacial score (nSPS) is 23.9. The molecule has 1 aliphatic carbocycles. The molecule has 3 N–H and O–H groups in total. The first-order valence-corrected chi connectivity index (χ1v) is 7.18. The van der Waals surface area contributed by atoms with Crippen molar-refractivity contribution in [3.05, 3.63) is 35.9 Å². The SMILES string of the molecule is CN(CC1CC(O)C1)CC(C(N)=S)c1ccccc1. The van der Waals surface area contributed by atoms with Gasteiger partial charge < -0.3 is 15.7 Å². The fourth-order valence-corrected chi connectivity index (χ4v) is 2.93. The number of nitrogens with two attached hydrogens (primary N) is 1. The largest absolute Gasteiger partial charge is 0.393 e. The van der Waals surface area contributed by atoms with Crippen LogP contribution in [-0.2, 0) is 0 Å². The lowest BCUT2D eigenvalue weighted by Crippen LogP contribution is -2.40. The Labute approximate surface area is 120 Å². The van der Waals surface area contributed by atoms with Gasteiger partial charge in [0.2, 0.25) is 0 Å². The number of nitrogens with zero attached hydrogens (tertiary/aromatic N) is 1. The Balaban J connectivity index is 1.91. The summed E-state index contributed by atoms with van der Waals surface area (Å²) in [6, 6.07) is 10.2. The molecule has 3 nitrogen and oxygen atoms in total. The molecule has 0 radical (unpaired) electrons. The summed E-state index contributed by atoms with van der Waals surface area (Å²) < 4.78 is 0. The Kier molecular flexibility index (Phi) is 4.91. The molecule has 1 fully saturated rings. The highest BCUT2D eigenvalue weighted by atomic mass is 32.1. The van der Waals surface area contributed by atoms with Crippen molar-refractivity contribution in [3.8, 4) is 0 Å². The van der Waals surface area contributed by atoms with Crippen LogP contribution in [0.15, 0.2) is 30.3 Å². The van der Waals surface area contributed by atoms with Gasteiger partial charge in [-0.15, -0.1) is 0 Å². The summed E-state index contributed by atoms with van der Waals surface area (Å²) in [6.07, 6.45) is 1.76. The minimum atomic E-state index is -0.0843. The maximum atomic E-state index is 9.32. The predicted octanol–water partition coefficient (Wildman–Crippen LogP) is 1.76. The third-order valence-electron chi connectivity index (χ3n) is 3.82. The first-order valence-electron chi connectivity index (χ1n) is 6.77. The van der Waals surface area contributed by atoms with Gasteiger partial charge in [0, 0.05) is 19.0 Å². The highest BCUT2D eigenvalue weighted by Gasteiger charge is 2.28. The van der Waals surface area contributed by atoms with Gasteiger partial charge in [0.1, 0.15) is 0 Å². The number of hydrogen-bond acceptors (Lipinski definition) is 3. The van der Waals surface area contributed by atoms with Crippen LogP contribution in [0.2, 0.25) is 0 Å². The maximum absolute atomic E-state index is 9.32. The lowest BCUT2D eigenvalue weighted by Gasteiger charge is -2.35. The summed E-state index contributed by atoms with van der Waals surface area (Å²) in [5, 5.41) is 9.32. The number of thiocarbonyl (C=S) groups is 1. The molecule has 0 saturated heterocycles. The van der Waals surface area contributed by atoms with E-state index in [9.17, 15) is 5.11 Å². The zero-order valence-corrected chi connectivity index (χ0v) is 12.1. The summed E-state index contributed by atoms with van der Waals surface area (Å²) in [5.74, 6) is 0.717. The van der Waals surface area contributed by atoms with E-state index in [1.54, 1.807) is 0 Å². The third kappa shape index (κ3) is 4.00. The average molecular weight is 278 g/mol. The highest BCUT2D eigenvalue weighted by molar-refractivity contribution is 7.80. The molecule has 1 aliphatic rings. The van der Waals surface area contributed by atoms with Gasteiger partial charge in [-0.05, 0) is 31.4 Å². The standard InChI is InChI=1S/C15H22N2OS/c1-17(9-11-7-13(18)8-11)10-14(15(16)19)12-5-3-2-4-6-12/h2-6,11,13-14,18H,7-10H2,1H3,(H2,16,19). The highest BCUT2D eigenvalue weighted by Crippen LogP contribution is 2.28. The first kappa shape index (κ1) is 14.4. The van der Waals surface area contributed by atoms with Gasteiger partial charge in [0.25, 0.3) is 0 Å². The number of benzene rings is 1. The summed E-state index contributed by atoms with van der Waals surface area (Å²) in [4.78, 5) is 2.82. The second-order valence-corrected chi connectivity index (χ2v) is 6.05. The van der Waals surface area contributed by atoms with Crippen LogP contribution in [0.5, 0.6) is 0 Å². The van der Waals surface area contributed by atoms with E-state index in [0.717, 1.165) is 25.9 Å². The summed E-state index contributed by atoms with van der Waals surface area (Å²) >= 11 is 5.20. The smallest absolute Gasteiger partial charge is 0.0816 e. The van der Waals surface area contributed by atoms with Gasteiger partial charge >= 0.3 is 0 Å². The van der Waals surface area contributed by atoms with Gasteiger partial charge in [0.05, 0.1) is 11.1 Å². The van der Waals surface area contributed by atoms with Crippen molar-refractivity contribution >= 4 is 17.2 Å². The van der Waals surface area contributed by atoms with Crippen molar-refractivity contribution in [2.24, 2.45) is 11.7 Å². The fraction of sp³-hybridized carbons (Fsp3) is 0.533. The second kappa shape index (κ2) is 6.46. The zero-order valence-electron chi connectivity index (χ0n) is 11.3. The molecule has 1 unspecified atom stereocenters. The molecule has 0 heterocycles. The van der Waals surface area contributed by atoms with Crippen LogP contribution in [-0.4, -0.2) is 41.2 Å². The molecule has 0 aliphatic heterocycles. The molecule has 1 aromatic carbocycles. The van der Waals surface area contributed by atoms with Gasteiger partial charge in [-0.1, -0.05) is 42.5 Å². The van der Waals surface area contributed by atoms with E-state index in [1.165, 1.54) is 5.56 Å². The summed E-state index contributed by atoms with van der Waals surface area (Å²) in [5.41, 5.74) is 7.06. The molecule has 1 aromatic rings. The number of rotatable bonds is 6. The lowest BCUT2D eigenvalue weighted by molar-refractivity contribution is 0.0283. The van der Waals surface area contributed by atoms with Crippen LogP contribution in [0, 0.1) is 5.92 Å². The maximum Gasteiger partial charge on any atom is 0.0816 e. The molecular formula is C15H22N2OS. The molecule has 19 heavy (non-hydrogen) atoms. The Morgan fingerprint density at radius 2 is 2.05 bits per heavy atom. The van der Waals surface area contributed by atoms with Gasteiger partial charge in [0.15, 0.2) is 0 Å². The average Bonchev–Trinajstić information content (AvgIpc) is 2.35. The zero-order chi connectivity index (χ0) is 13.8. The van der Waals surface area contributed by atoms with E-state index in [0.29, 0.717) is 10.9 Å². The molecule has 0 amide bonds. The van der Waals surface area contributed by atoms with Crippen molar-refractivity contribution in [3.63, 3.8) is 0 Å². The van der Waals surface area contributed by atoms with Gasteiger partial charge in [-0.3, -0.25) is 0 Å². The van der Waals surface area contributed by atoms with E-state index < -0.39 is 0 Å². The topological polar surface area (TPSA) is 49.5 Å². The molecule has 4 heteroatoms. The Morgan fingerprint density at radius 3 is 2.58 bits per heavy atom. The molecule has 0 bridgehead atoms. The third-order valence-corrected chi connectivity index (χ3v) is 4.10. The molecule has 1 atom stereocenters. The molecule has 0 aromatic heterocycles. The van der Waals surface area contributed by atoms with Gasteiger partial charge in [-0.25, -0.2) is 0 Å². The van der Waals surface area contributed by atoms with E-state index in [1.807, 2.05) is 18.2 Å². The van der Waals surface area contributed by atoms with E-state index in [-0.39, 0.29) is 12.0 Å². The van der Waals surface area contributed by atoms with Crippen molar-refractivity contribution in [1.29, 1.82) is 0 Å². The van der Waals surface area contributed by atoms with Crippen LogP contribution < -0.4 is 5.73 Å². The Bertz CT molecular complexity index is 417. The van der Waals surface area contributed by atoms with Crippen molar-refractivity contribution in [2.45, 2.75) is 24.9 Å². The lowest BCUT2D eigenvalue weighted by atomic mass is 9.82. The number of aliphatic hydroxyl groups excluding tert-OH is 1. The van der Waals surface area contributed by atoms with E-state index in [4.69, 9.17) is 18.0 Å². The van der Waals surface area contributed by atoms with Crippen LogP contribution in [0.1, 0.15) is 24.3 Å². The van der Waals surface area contributed by atoms with E-state index in [2.05, 4.69) is 24.1 Å². The van der Waals surface area contributed by atoms with E-state index >= 15 is 0 Å². The second-order valence-electron chi connectivity index (χ2n) is 5.58. The number of likely N-dealkylation sites (N-methyl/N-ethyl adjacent to an activating group) is 1. The van der Waals surface area contributed by atoms with Crippen molar-refractivity contribution in [2.75, 3.05) is 20.1 Å². The van der Waals surface area contributed by atoms with Gasteiger partial charge in [-0.2, -0.15) is 0 Å². The van der Waals surface area contributed by atoms with Crippen molar-refractivity contribution in [1.82, 2.24) is 4.90 Å². The minimum absolute atomic E-state index is 0.0843. The van der Waals surface area contributed by atoms with Crippen LogP contribution >= 0.6 is 12.2 Å². The minimum Gasteiger partial charge on any atom is -0.393 e. The molecule has 2 rings (SSSR count). The van der Waals surface area contributed by atoms with Crippen LogP contribution in [0.4, 0.5) is 0 Å². The molecular weight excluding hydrogens is 256 g/mol. The van der Waals surface area contributed by atoms with Crippen molar-refractivity contribution < 1.29 is 5.11 Å². The molecule has 0 spiro atoms. The monoisotopic (exact) mass is 278 g/mol. The molecule has 104 valence electrons. The molecule has 1 saturated carbocycles. The first-order chi connectivity index (χ1) is 9.06. The Hall–Kier alpha value is -0.970. The predicted molar refractivity (Wildman–Crippen MR) is 82.2 cm³/mol. The quantitative estimate of drug-likeness (QED) is 0.779. The number of aliphatic hydroxyl groups is 1.